The number of carbonyl (C=O) groups excluding carboxylic acids is 1. The highest BCUT2D eigenvalue weighted by Crippen LogP contribution is 2.32. The quantitative estimate of drug-likeness (QED) is 0.761. The van der Waals surface area contributed by atoms with Crippen molar-refractivity contribution in [3.8, 4) is 5.75 Å². The van der Waals surface area contributed by atoms with E-state index in [-0.39, 0.29) is 17.4 Å². The number of aromatic amines is 1. The Kier molecular flexibility index (Phi) is 3.38. The average Bonchev–Trinajstić information content (AvgIpc) is 3.01. The van der Waals surface area contributed by atoms with Crippen molar-refractivity contribution < 1.29 is 9.53 Å². The predicted molar refractivity (Wildman–Crippen MR) is 89.2 cm³/mol. The number of thiophene rings is 1. The normalized spacial score (nSPS) is 16.6. The first-order chi connectivity index (χ1) is 11.2. The smallest absolute Gasteiger partial charge is 0.261 e. The fourth-order valence-corrected chi connectivity index (χ4v) is 3.74. The molecule has 1 amide bonds. The largest absolute Gasteiger partial charge is 0.493 e. The summed E-state index contributed by atoms with van der Waals surface area (Å²) in [5, 5.41) is 3.05. The minimum Gasteiger partial charge on any atom is -0.493 e. The third-order valence-electron chi connectivity index (χ3n) is 3.92. The first kappa shape index (κ1) is 14.0. The Bertz CT molecular complexity index is 944. The van der Waals surface area contributed by atoms with Crippen LogP contribution >= 0.6 is 11.3 Å². The third-order valence-corrected chi connectivity index (χ3v) is 5.07. The van der Waals surface area contributed by atoms with Gasteiger partial charge in [-0.3, -0.25) is 9.59 Å². The van der Waals surface area contributed by atoms with Crippen LogP contribution in [0.1, 0.15) is 27.7 Å². The van der Waals surface area contributed by atoms with Gasteiger partial charge in [0.25, 0.3) is 5.91 Å². The van der Waals surface area contributed by atoms with Crippen molar-refractivity contribution in [2.75, 3.05) is 6.61 Å². The van der Waals surface area contributed by atoms with E-state index in [2.05, 4.69) is 10.3 Å². The first-order valence-electron chi connectivity index (χ1n) is 7.36. The van der Waals surface area contributed by atoms with Gasteiger partial charge >= 0.3 is 0 Å². The lowest BCUT2D eigenvalue weighted by Gasteiger charge is -2.26. The van der Waals surface area contributed by atoms with Gasteiger partial charge in [-0.15, -0.1) is 11.3 Å². The monoisotopic (exact) mass is 326 g/mol. The van der Waals surface area contributed by atoms with E-state index >= 15 is 0 Å². The highest BCUT2D eigenvalue weighted by atomic mass is 32.1. The summed E-state index contributed by atoms with van der Waals surface area (Å²) in [6.45, 7) is 0.576. The molecule has 1 atom stereocenters. The molecule has 0 aliphatic carbocycles. The van der Waals surface area contributed by atoms with Crippen molar-refractivity contribution in [2.45, 2.75) is 12.5 Å². The molecule has 0 radical (unpaired) electrons. The molecule has 2 aromatic heterocycles. The molecule has 0 fully saturated rings. The molecule has 1 aromatic carbocycles. The van der Waals surface area contributed by atoms with E-state index in [1.165, 1.54) is 17.4 Å². The number of H-pyrrole nitrogens is 1. The summed E-state index contributed by atoms with van der Waals surface area (Å²) in [4.78, 5) is 27.9. The van der Waals surface area contributed by atoms with Crippen molar-refractivity contribution in [1.82, 2.24) is 10.3 Å². The summed E-state index contributed by atoms with van der Waals surface area (Å²) in [6, 6.07) is 10.8. The van der Waals surface area contributed by atoms with Crippen molar-refractivity contribution >= 4 is 27.5 Å². The lowest BCUT2D eigenvalue weighted by atomic mass is 10.0. The molecular weight excluding hydrogens is 312 g/mol. The van der Waals surface area contributed by atoms with Crippen molar-refractivity contribution in [2.24, 2.45) is 0 Å². The van der Waals surface area contributed by atoms with E-state index in [9.17, 15) is 9.59 Å². The van der Waals surface area contributed by atoms with Crippen LogP contribution in [0.25, 0.3) is 10.2 Å². The Hall–Kier alpha value is -2.60. The Morgan fingerprint density at radius 2 is 2.17 bits per heavy atom. The molecule has 2 N–H and O–H groups in total. The van der Waals surface area contributed by atoms with Crippen LogP contribution in [0, 0.1) is 0 Å². The fraction of sp³-hybridized carbons (Fsp3) is 0.176. The van der Waals surface area contributed by atoms with E-state index in [4.69, 9.17) is 4.74 Å². The first-order valence-corrected chi connectivity index (χ1v) is 8.18. The molecule has 0 saturated carbocycles. The van der Waals surface area contributed by atoms with Gasteiger partial charge in [-0.2, -0.15) is 0 Å². The van der Waals surface area contributed by atoms with Crippen LogP contribution < -0.4 is 15.5 Å². The topological polar surface area (TPSA) is 71.2 Å². The van der Waals surface area contributed by atoms with E-state index in [1.807, 2.05) is 24.3 Å². The SMILES string of the molecule is O=C(N[C@H]1CCOc2ccccc21)c1cc2[nH]ccc(=O)c2s1. The maximum absolute atomic E-state index is 12.5. The number of fused-ring (bicyclic) bond motifs is 2. The lowest BCUT2D eigenvalue weighted by molar-refractivity contribution is 0.0929. The van der Waals surface area contributed by atoms with Crippen molar-refractivity contribution in [1.29, 1.82) is 0 Å². The van der Waals surface area contributed by atoms with Crippen molar-refractivity contribution in [3.63, 3.8) is 0 Å². The standard InChI is InChI=1S/C17H14N2O3S/c20-13-5-7-18-12-9-15(23-16(12)13)17(21)19-11-6-8-22-14-4-2-1-3-10(11)14/h1-5,7,9,11H,6,8H2,(H,18,20)(H,19,21)/t11-/m0/s1. The zero-order valence-electron chi connectivity index (χ0n) is 12.2. The van der Waals surface area contributed by atoms with E-state index in [0.29, 0.717) is 21.7 Å². The summed E-state index contributed by atoms with van der Waals surface area (Å²) in [5.74, 6) is 0.649. The van der Waals surface area contributed by atoms with Gasteiger partial charge in [0.15, 0.2) is 5.43 Å². The number of aromatic nitrogens is 1. The zero-order valence-corrected chi connectivity index (χ0v) is 13.0. The molecule has 0 bridgehead atoms. The van der Waals surface area contributed by atoms with Crippen LogP contribution in [0.5, 0.6) is 5.75 Å². The summed E-state index contributed by atoms with van der Waals surface area (Å²) >= 11 is 1.21. The molecule has 1 aliphatic rings. The van der Waals surface area contributed by atoms with Crippen LogP contribution in [-0.4, -0.2) is 17.5 Å². The molecule has 3 heterocycles. The highest BCUT2D eigenvalue weighted by molar-refractivity contribution is 7.20. The Balaban J connectivity index is 1.63. The van der Waals surface area contributed by atoms with Crippen LogP contribution in [-0.2, 0) is 0 Å². The van der Waals surface area contributed by atoms with Gasteiger partial charge in [0.1, 0.15) is 5.75 Å². The van der Waals surface area contributed by atoms with Crippen LogP contribution in [0.2, 0.25) is 0 Å². The van der Waals surface area contributed by atoms with Gasteiger partial charge in [0.2, 0.25) is 0 Å². The number of ether oxygens (including phenoxy) is 1. The molecule has 0 saturated heterocycles. The molecule has 4 rings (SSSR count). The summed E-state index contributed by atoms with van der Waals surface area (Å²) in [5.41, 5.74) is 1.61. The molecule has 6 heteroatoms. The van der Waals surface area contributed by atoms with E-state index in [1.54, 1.807) is 12.3 Å². The van der Waals surface area contributed by atoms with Crippen LogP contribution in [0.4, 0.5) is 0 Å². The van der Waals surface area contributed by atoms with Crippen LogP contribution in [0.3, 0.4) is 0 Å². The second kappa shape index (κ2) is 5.55. The molecule has 0 unspecified atom stereocenters. The van der Waals surface area contributed by atoms with Gasteiger partial charge in [0, 0.05) is 24.2 Å². The number of benzene rings is 1. The molecule has 5 nitrogen and oxygen atoms in total. The average molecular weight is 326 g/mol. The number of hydrogen-bond acceptors (Lipinski definition) is 4. The second-order valence-corrected chi connectivity index (χ2v) is 6.45. The molecule has 1 aliphatic heterocycles. The van der Waals surface area contributed by atoms with Gasteiger partial charge in [-0.25, -0.2) is 0 Å². The Labute approximate surface area is 135 Å². The number of carbonyl (C=O) groups is 1. The molecular formula is C17H14N2O3S. The number of rotatable bonds is 2. The number of hydrogen-bond donors (Lipinski definition) is 2. The summed E-state index contributed by atoms with van der Waals surface area (Å²) in [6.07, 6.45) is 2.32. The van der Waals surface area contributed by atoms with Crippen molar-refractivity contribution in [3.05, 3.63) is 63.3 Å². The lowest BCUT2D eigenvalue weighted by Crippen LogP contribution is -2.31. The maximum Gasteiger partial charge on any atom is 0.261 e. The summed E-state index contributed by atoms with van der Waals surface area (Å²) < 4.78 is 6.18. The Morgan fingerprint density at radius 1 is 1.30 bits per heavy atom. The number of para-hydroxylation sites is 1. The van der Waals surface area contributed by atoms with Gasteiger partial charge in [-0.05, 0) is 12.1 Å². The highest BCUT2D eigenvalue weighted by Gasteiger charge is 2.24. The summed E-state index contributed by atoms with van der Waals surface area (Å²) in [7, 11) is 0. The van der Waals surface area contributed by atoms with Gasteiger partial charge in [-0.1, -0.05) is 18.2 Å². The van der Waals surface area contributed by atoms with Gasteiger partial charge in [0.05, 0.1) is 27.7 Å². The van der Waals surface area contributed by atoms with Crippen LogP contribution in [0.15, 0.2) is 47.4 Å². The molecule has 0 spiro atoms. The number of nitrogens with one attached hydrogen (secondary N) is 2. The molecule has 116 valence electrons. The second-order valence-electron chi connectivity index (χ2n) is 5.40. The Morgan fingerprint density at radius 3 is 3.04 bits per heavy atom. The fourth-order valence-electron chi connectivity index (χ4n) is 2.80. The zero-order chi connectivity index (χ0) is 15.8. The van der Waals surface area contributed by atoms with Gasteiger partial charge < -0.3 is 15.0 Å². The minimum atomic E-state index is -0.166. The maximum atomic E-state index is 12.5. The third kappa shape index (κ3) is 2.51. The number of amides is 1. The minimum absolute atomic E-state index is 0.0702. The molecule has 3 aromatic rings. The predicted octanol–water partition coefficient (Wildman–Crippen LogP) is 2.84. The van der Waals surface area contributed by atoms with E-state index in [0.717, 1.165) is 17.7 Å². The van der Waals surface area contributed by atoms with E-state index < -0.39 is 0 Å². The molecule has 23 heavy (non-hydrogen) atoms. The number of pyridine rings is 1.